The summed E-state index contributed by atoms with van der Waals surface area (Å²) in [6.07, 6.45) is 5.04. The van der Waals surface area contributed by atoms with Crippen LogP contribution in [0.5, 0.6) is 0 Å². The van der Waals surface area contributed by atoms with Gasteiger partial charge in [0.15, 0.2) is 0 Å². The number of aromatic nitrogens is 1. The number of thiazole rings is 1. The number of aliphatic hydroxyl groups is 1. The van der Waals surface area contributed by atoms with Crippen molar-refractivity contribution in [2.24, 2.45) is 0 Å². The summed E-state index contributed by atoms with van der Waals surface area (Å²) >= 11 is 1.37. The average Bonchev–Trinajstić information content (AvgIpc) is 3.06. The fourth-order valence-electron chi connectivity index (χ4n) is 3.16. The van der Waals surface area contributed by atoms with Gasteiger partial charge in [0, 0.05) is 11.6 Å². The van der Waals surface area contributed by atoms with Crippen LogP contribution in [0, 0.1) is 0 Å². The van der Waals surface area contributed by atoms with E-state index in [-0.39, 0.29) is 12.8 Å². The Morgan fingerprint density at radius 1 is 1.29 bits per heavy atom. The van der Waals surface area contributed by atoms with E-state index < -0.39 is 23.0 Å². The molecule has 0 atom stereocenters. The maximum atomic E-state index is 14.2. The summed E-state index contributed by atoms with van der Waals surface area (Å²) in [6, 6.07) is 0. The van der Waals surface area contributed by atoms with Crippen LogP contribution in [0.25, 0.3) is 0 Å². The minimum atomic E-state index is -3.75. The summed E-state index contributed by atoms with van der Waals surface area (Å²) < 4.78 is 28.5. The molecule has 1 aromatic heterocycles. The minimum absolute atomic E-state index is 0.0301. The first-order valence-electron chi connectivity index (χ1n) is 7.22. The number of alkyl halides is 2. The Bertz CT molecular complexity index is 523. The third-order valence-corrected chi connectivity index (χ3v) is 5.68. The van der Waals surface area contributed by atoms with E-state index in [1.807, 2.05) is 0 Å². The van der Waals surface area contributed by atoms with Gasteiger partial charge in [-0.3, -0.25) is 4.79 Å². The highest BCUT2D eigenvalue weighted by Crippen LogP contribution is 2.46. The molecule has 3 rings (SSSR count). The van der Waals surface area contributed by atoms with E-state index in [0.717, 1.165) is 12.8 Å². The van der Waals surface area contributed by atoms with E-state index in [1.54, 1.807) is 11.6 Å². The lowest BCUT2D eigenvalue weighted by Crippen LogP contribution is -2.63. The van der Waals surface area contributed by atoms with Crippen LogP contribution in [-0.2, 0) is 10.3 Å². The van der Waals surface area contributed by atoms with Crippen LogP contribution in [0.4, 0.5) is 8.78 Å². The second kappa shape index (κ2) is 4.98. The number of carbonyl (C=O) groups is 1. The van der Waals surface area contributed by atoms with Crippen LogP contribution in [0.3, 0.4) is 0 Å². The average molecular weight is 316 g/mol. The molecule has 116 valence electrons. The molecule has 2 saturated carbocycles. The van der Waals surface area contributed by atoms with Crippen LogP contribution < -0.4 is 5.32 Å². The van der Waals surface area contributed by atoms with Crippen molar-refractivity contribution in [2.75, 3.05) is 0 Å². The number of amides is 1. The van der Waals surface area contributed by atoms with Crippen LogP contribution in [0.1, 0.15) is 50.0 Å². The molecule has 2 N–H and O–H groups in total. The van der Waals surface area contributed by atoms with Gasteiger partial charge >= 0.3 is 5.92 Å². The van der Waals surface area contributed by atoms with Gasteiger partial charge in [-0.2, -0.15) is 8.78 Å². The predicted molar refractivity (Wildman–Crippen MR) is 74.2 cm³/mol. The first-order chi connectivity index (χ1) is 9.90. The molecular weight excluding hydrogens is 298 g/mol. The van der Waals surface area contributed by atoms with E-state index in [4.69, 9.17) is 0 Å². The topological polar surface area (TPSA) is 62.2 Å². The smallest absolute Gasteiger partial charge is 0.352 e. The predicted octanol–water partition coefficient (Wildman–Crippen LogP) is 2.58. The zero-order chi connectivity index (χ0) is 15.1. The Balaban J connectivity index is 1.82. The molecule has 0 saturated heterocycles. The molecule has 0 aromatic carbocycles. The van der Waals surface area contributed by atoms with Crippen LogP contribution in [0.2, 0.25) is 0 Å². The minimum Gasteiger partial charge on any atom is -0.383 e. The number of nitrogens with one attached hydrogen (secondary N) is 1. The lowest BCUT2D eigenvalue weighted by Gasteiger charge is -2.42. The molecule has 4 nitrogen and oxygen atoms in total. The second-order valence-electron chi connectivity index (χ2n) is 6.04. The molecule has 1 heterocycles. The van der Waals surface area contributed by atoms with Gasteiger partial charge in [-0.1, -0.05) is 12.8 Å². The van der Waals surface area contributed by atoms with Crippen molar-refractivity contribution in [3.8, 4) is 0 Å². The van der Waals surface area contributed by atoms with Gasteiger partial charge in [-0.05, 0) is 32.1 Å². The number of carbonyl (C=O) groups excluding carboxylic acids is 1. The Hall–Kier alpha value is -1.08. The molecule has 0 spiro atoms. The molecule has 2 fully saturated rings. The maximum Gasteiger partial charge on any atom is 0.352 e. The van der Waals surface area contributed by atoms with Gasteiger partial charge in [-0.25, -0.2) is 4.98 Å². The molecule has 21 heavy (non-hydrogen) atoms. The van der Waals surface area contributed by atoms with Crippen molar-refractivity contribution in [3.05, 3.63) is 16.6 Å². The van der Waals surface area contributed by atoms with Crippen molar-refractivity contribution < 1.29 is 18.7 Å². The largest absolute Gasteiger partial charge is 0.383 e. The highest BCUT2D eigenvalue weighted by atomic mass is 32.1. The Labute approximate surface area is 125 Å². The van der Waals surface area contributed by atoms with Gasteiger partial charge in [0.2, 0.25) is 0 Å². The van der Waals surface area contributed by atoms with E-state index in [1.165, 1.54) is 11.3 Å². The molecule has 0 bridgehead atoms. The summed E-state index contributed by atoms with van der Waals surface area (Å²) in [4.78, 5) is 16.3. The summed E-state index contributed by atoms with van der Waals surface area (Å²) in [7, 11) is 0. The van der Waals surface area contributed by atoms with Gasteiger partial charge < -0.3 is 10.4 Å². The zero-order valence-electron chi connectivity index (χ0n) is 11.6. The first-order valence-corrected chi connectivity index (χ1v) is 8.10. The lowest BCUT2D eigenvalue weighted by molar-refractivity contribution is -0.217. The third kappa shape index (κ3) is 2.26. The molecule has 7 heteroatoms. The van der Waals surface area contributed by atoms with Gasteiger partial charge in [0.05, 0.1) is 5.54 Å². The molecule has 0 unspecified atom stereocenters. The monoisotopic (exact) mass is 316 g/mol. The van der Waals surface area contributed by atoms with Crippen molar-refractivity contribution in [1.82, 2.24) is 10.3 Å². The van der Waals surface area contributed by atoms with E-state index in [9.17, 15) is 18.7 Å². The van der Waals surface area contributed by atoms with Crippen molar-refractivity contribution in [2.45, 2.75) is 62.0 Å². The zero-order valence-corrected chi connectivity index (χ0v) is 12.4. The lowest BCUT2D eigenvalue weighted by atomic mass is 9.75. The molecule has 1 aromatic rings. The maximum absolute atomic E-state index is 14.2. The van der Waals surface area contributed by atoms with Crippen molar-refractivity contribution in [3.63, 3.8) is 0 Å². The Morgan fingerprint density at radius 3 is 2.43 bits per heavy atom. The van der Waals surface area contributed by atoms with Crippen LogP contribution >= 0.6 is 11.3 Å². The van der Waals surface area contributed by atoms with Crippen LogP contribution in [0.15, 0.2) is 11.6 Å². The van der Waals surface area contributed by atoms with Crippen LogP contribution in [-0.4, -0.2) is 27.5 Å². The second-order valence-corrected chi connectivity index (χ2v) is 6.93. The molecular formula is C14H18F2N2O2S. The molecule has 1 amide bonds. The number of rotatable bonds is 4. The first kappa shape index (κ1) is 14.8. The summed E-state index contributed by atoms with van der Waals surface area (Å²) in [6.45, 7) is 0. The number of halogens is 2. The quantitative estimate of drug-likeness (QED) is 0.897. The molecule has 0 aliphatic heterocycles. The summed E-state index contributed by atoms with van der Waals surface area (Å²) in [5, 5.41) is 14.8. The highest BCUT2D eigenvalue weighted by Gasteiger charge is 2.62. The Kier molecular flexibility index (Phi) is 3.52. The molecule has 0 radical (unpaired) electrons. The fourth-order valence-corrected chi connectivity index (χ4v) is 4.02. The van der Waals surface area contributed by atoms with E-state index in [0.29, 0.717) is 24.3 Å². The third-order valence-electron chi connectivity index (χ3n) is 4.70. The van der Waals surface area contributed by atoms with Gasteiger partial charge in [-0.15, -0.1) is 11.3 Å². The Morgan fingerprint density at radius 2 is 1.95 bits per heavy atom. The standard InChI is InChI=1S/C14H18F2N2O2S/c15-14(16,13(20)6-3-7-13)10(19)18-12(4-1-2-5-12)11-17-8-9-21-11/h8-9,20H,1-7H2,(H,18,19). The highest BCUT2D eigenvalue weighted by molar-refractivity contribution is 7.09. The van der Waals surface area contributed by atoms with E-state index >= 15 is 0 Å². The van der Waals surface area contributed by atoms with E-state index in [2.05, 4.69) is 10.3 Å². The molecule has 2 aliphatic carbocycles. The van der Waals surface area contributed by atoms with Gasteiger partial charge in [0.1, 0.15) is 10.6 Å². The number of hydrogen-bond donors (Lipinski definition) is 2. The molecule has 2 aliphatic rings. The van der Waals surface area contributed by atoms with Crippen molar-refractivity contribution in [1.29, 1.82) is 0 Å². The SMILES string of the molecule is O=C(NC1(c2nccs2)CCCC1)C(F)(F)C1(O)CCC1. The summed E-state index contributed by atoms with van der Waals surface area (Å²) in [5.41, 5.74) is -2.98. The number of nitrogens with zero attached hydrogens (tertiary/aromatic N) is 1. The fraction of sp³-hybridized carbons (Fsp3) is 0.714. The normalized spacial score (nSPS) is 23.6. The number of hydrogen-bond acceptors (Lipinski definition) is 4. The van der Waals surface area contributed by atoms with Crippen molar-refractivity contribution >= 4 is 17.2 Å². The van der Waals surface area contributed by atoms with Gasteiger partial charge in [0.25, 0.3) is 5.91 Å². The summed E-state index contributed by atoms with van der Waals surface area (Å²) in [5.74, 6) is -5.13.